The maximum absolute atomic E-state index is 4.49. The maximum atomic E-state index is 4.49. The van der Waals surface area contributed by atoms with Crippen molar-refractivity contribution < 1.29 is 0 Å². The van der Waals surface area contributed by atoms with E-state index in [9.17, 15) is 0 Å². The van der Waals surface area contributed by atoms with Crippen LogP contribution >= 0.6 is 11.3 Å². The van der Waals surface area contributed by atoms with E-state index < -0.39 is 0 Å². The lowest BCUT2D eigenvalue weighted by Gasteiger charge is -2.20. The number of hydrogen-bond donors (Lipinski definition) is 1. The fourth-order valence-electron chi connectivity index (χ4n) is 2.95. The molecule has 0 saturated heterocycles. The Morgan fingerprint density at radius 3 is 2.89 bits per heavy atom. The molecule has 0 aromatic carbocycles. The molecule has 1 heterocycles. The van der Waals surface area contributed by atoms with E-state index >= 15 is 0 Å². The second-order valence-electron chi connectivity index (χ2n) is 5.68. The van der Waals surface area contributed by atoms with Crippen molar-refractivity contribution in [3.8, 4) is 0 Å². The number of aryl methyl sites for hydroxylation is 1. The molecule has 1 aliphatic carbocycles. The number of nitrogens with zero attached hydrogens (tertiary/aromatic N) is 1. The van der Waals surface area contributed by atoms with E-state index in [2.05, 4.69) is 31.1 Å². The van der Waals surface area contributed by atoms with Gasteiger partial charge in [-0.05, 0) is 39.0 Å². The van der Waals surface area contributed by atoms with E-state index in [-0.39, 0.29) is 0 Å². The molecule has 1 saturated carbocycles. The summed E-state index contributed by atoms with van der Waals surface area (Å²) in [5, 5.41) is 5.02. The first kappa shape index (κ1) is 14.0. The smallest absolute Gasteiger partial charge is 0.109 e. The van der Waals surface area contributed by atoms with E-state index in [0.717, 1.165) is 5.92 Å². The second-order valence-corrected chi connectivity index (χ2v) is 6.94. The summed E-state index contributed by atoms with van der Waals surface area (Å²) in [5.41, 5.74) is 0. The van der Waals surface area contributed by atoms with Crippen LogP contribution in [0.5, 0.6) is 0 Å². The zero-order valence-electron chi connectivity index (χ0n) is 11.9. The van der Waals surface area contributed by atoms with Gasteiger partial charge in [-0.1, -0.05) is 26.2 Å². The van der Waals surface area contributed by atoms with Crippen molar-refractivity contribution in [2.24, 2.45) is 5.92 Å². The molecule has 1 fully saturated rings. The molecule has 0 radical (unpaired) electrons. The Bertz CT molecular complexity index is 361. The van der Waals surface area contributed by atoms with Crippen molar-refractivity contribution in [1.82, 2.24) is 10.3 Å². The first-order valence-electron chi connectivity index (χ1n) is 7.37. The van der Waals surface area contributed by atoms with E-state index in [4.69, 9.17) is 0 Å². The second kappa shape index (κ2) is 6.67. The van der Waals surface area contributed by atoms with Gasteiger partial charge in [-0.2, -0.15) is 0 Å². The average molecular weight is 266 g/mol. The Balaban J connectivity index is 1.85. The Hall–Kier alpha value is -0.410. The minimum atomic E-state index is 0.409. The van der Waals surface area contributed by atoms with Gasteiger partial charge >= 0.3 is 0 Å². The summed E-state index contributed by atoms with van der Waals surface area (Å²) in [4.78, 5) is 5.80. The molecular formula is C15H26N2S. The minimum Gasteiger partial charge on any atom is -0.305 e. The molecule has 2 rings (SSSR count). The molecule has 1 N–H and O–H groups in total. The van der Waals surface area contributed by atoms with Crippen LogP contribution in [0.15, 0.2) is 6.20 Å². The van der Waals surface area contributed by atoms with Crippen LogP contribution in [-0.4, -0.2) is 11.0 Å². The van der Waals surface area contributed by atoms with Gasteiger partial charge in [-0.3, -0.25) is 0 Å². The van der Waals surface area contributed by atoms with E-state index in [1.165, 1.54) is 48.4 Å². The fourth-order valence-corrected chi connectivity index (χ4v) is 3.74. The molecule has 1 aromatic rings. The molecule has 3 atom stereocenters. The van der Waals surface area contributed by atoms with Crippen molar-refractivity contribution in [3.63, 3.8) is 0 Å². The zero-order chi connectivity index (χ0) is 13.0. The van der Waals surface area contributed by atoms with Crippen LogP contribution in [0.4, 0.5) is 0 Å². The SMILES string of the molecule is CCC1CCCC(NC(C)c2ncc(C)s2)CC1. The van der Waals surface area contributed by atoms with Crippen LogP contribution < -0.4 is 5.32 Å². The van der Waals surface area contributed by atoms with Gasteiger partial charge in [0, 0.05) is 17.1 Å². The molecule has 0 bridgehead atoms. The lowest BCUT2D eigenvalue weighted by atomic mass is 9.98. The number of thiazole rings is 1. The molecule has 2 nitrogen and oxygen atoms in total. The Kier molecular flexibility index (Phi) is 5.19. The fraction of sp³-hybridized carbons (Fsp3) is 0.800. The van der Waals surface area contributed by atoms with Crippen molar-refractivity contribution in [2.45, 2.75) is 71.4 Å². The highest BCUT2D eigenvalue weighted by atomic mass is 32.1. The van der Waals surface area contributed by atoms with Crippen molar-refractivity contribution >= 4 is 11.3 Å². The summed E-state index contributed by atoms with van der Waals surface area (Å²) in [5.74, 6) is 0.967. The maximum Gasteiger partial charge on any atom is 0.109 e. The van der Waals surface area contributed by atoms with Crippen LogP contribution in [0.1, 0.15) is 68.3 Å². The van der Waals surface area contributed by atoms with Gasteiger partial charge in [0.2, 0.25) is 0 Å². The third-order valence-corrected chi connectivity index (χ3v) is 5.26. The van der Waals surface area contributed by atoms with Gasteiger partial charge in [0.15, 0.2) is 0 Å². The number of hydrogen-bond acceptors (Lipinski definition) is 3. The Morgan fingerprint density at radius 1 is 1.39 bits per heavy atom. The predicted molar refractivity (Wildman–Crippen MR) is 79.1 cm³/mol. The Morgan fingerprint density at radius 2 is 2.22 bits per heavy atom. The molecular weight excluding hydrogens is 240 g/mol. The molecule has 18 heavy (non-hydrogen) atoms. The van der Waals surface area contributed by atoms with Crippen molar-refractivity contribution in [1.29, 1.82) is 0 Å². The molecule has 3 heteroatoms. The van der Waals surface area contributed by atoms with Crippen molar-refractivity contribution in [2.75, 3.05) is 0 Å². The molecule has 1 aromatic heterocycles. The quantitative estimate of drug-likeness (QED) is 0.814. The molecule has 0 amide bonds. The lowest BCUT2D eigenvalue weighted by molar-refractivity contribution is 0.399. The number of rotatable bonds is 4. The Labute approximate surface area is 115 Å². The molecule has 3 unspecified atom stereocenters. The third kappa shape index (κ3) is 3.79. The van der Waals surface area contributed by atoms with Crippen molar-refractivity contribution in [3.05, 3.63) is 16.1 Å². The van der Waals surface area contributed by atoms with Gasteiger partial charge in [-0.25, -0.2) is 4.98 Å². The first-order valence-corrected chi connectivity index (χ1v) is 8.19. The van der Waals surface area contributed by atoms with Gasteiger partial charge in [0.1, 0.15) is 5.01 Å². The van der Waals surface area contributed by atoms with Crippen LogP contribution in [0, 0.1) is 12.8 Å². The van der Waals surface area contributed by atoms with Crippen LogP contribution in [0.25, 0.3) is 0 Å². The third-order valence-electron chi connectivity index (χ3n) is 4.16. The standard InChI is InChI=1S/C15H26N2S/c1-4-13-6-5-7-14(9-8-13)17-12(3)15-16-10-11(2)18-15/h10,12-14,17H,4-9H2,1-3H3. The summed E-state index contributed by atoms with van der Waals surface area (Å²) in [6.45, 7) is 6.71. The van der Waals surface area contributed by atoms with Gasteiger partial charge in [0.05, 0.1) is 6.04 Å². The number of aromatic nitrogens is 1. The highest BCUT2D eigenvalue weighted by molar-refractivity contribution is 7.11. The highest BCUT2D eigenvalue weighted by Crippen LogP contribution is 2.27. The lowest BCUT2D eigenvalue weighted by Crippen LogP contribution is -2.31. The summed E-state index contributed by atoms with van der Waals surface area (Å²) in [7, 11) is 0. The van der Waals surface area contributed by atoms with E-state index in [1.807, 2.05) is 17.5 Å². The first-order chi connectivity index (χ1) is 8.69. The molecule has 0 spiro atoms. The summed E-state index contributed by atoms with van der Waals surface area (Å²) < 4.78 is 0. The van der Waals surface area contributed by atoms with Gasteiger partial charge in [-0.15, -0.1) is 11.3 Å². The predicted octanol–water partition coefficient (Wildman–Crippen LogP) is 4.46. The molecule has 1 aliphatic rings. The summed E-state index contributed by atoms with van der Waals surface area (Å²) in [6, 6.07) is 1.10. The largest absolute Gasteiger partial charge is 0.305 e. The zero-order valence-corrected chi connectivity index (χ0v) is 12.7. The molecule has 0 aliphatic heterocycles. The van der Waals surface area contributed by atoms with Crippen LogP contribution in [0.2, 0.25) is 0 Å². The normalized spacial score (nSPS) is 26.8. The summed E-state index contributed by atoms with van der Waals surface area (Å²) >= 11 is 1.82. The van der Waals surface area contributed by atoms with Crippen LogP contribution in [0.3, 0.4) is 0 Å². The van der Waals surface area contributed by atoms with Gasteiger partial charge in [0.25, 0.3) is 0 Å². The average Bonchev–Trinajstić information content (AvgIpc) is 2.67. The minimum absolute atomic E-state index is 0.409. The topological polar surface area (TPSA) is 24.9 Å². The van der Waals surface area contributed by atoms with E-state index in [0.29, 0.717) is 12.1 Å². The summed E-state index contributed by atoms with van der Waals surface area (Å²) in [6.07, 6.45) is 10.2. The van der Waals surface area contributed by atoms with E-state index in [1.54, 1.807) is 0 Å². The van der Waals surface area contributed by atoms with Gasteiger partial charge < -0.3 is 5.32 Å². The van der Waals surface area contributed by atoms with Crippen LogP contribution in [-0.2, 0) is 0 Å². The monoisotopic (exact) mass is 266 g/mol. The highest BCUT2D eigenvalue weighted by Gasteiger charge is 2.20. The molecule has 102 valence electrons. The number of nitrogens with one attached hydrogen (secondary N) is 1.